The van der Waals surface area contributed by atoms with E-state index in [1.165, 1.54) is 0 Å². The van der Waals surface area contributed by atoms with Crippen LogP contribution in [0, 0.1) is 11.8 Å². The zero-order chi connectivity index (χ0) is 15.6. The Morgan fingerprint density at radius 1 is 1.24 bits per heavy atom. The van der Waals surface area contributed by atoms with Crippen molar-refractivity contribution in [2.45, 2.75) is 45.8 Å². The maximum absolute atomic E-state index is 12.7. The normalized spacial score (nSPS) is 33.9. The molecule has 0 aliphatic carbocycles. The minimum Gasteiger partial charge on any atom is -0.481 e. The maximum atomic E-state index is 12.7. The molecule has 2 saturated heterocycles. The maximum Gasteiger partial charge on any atom is 0.320 e. The van der Waals surface area contributed by atoms with Gasteiger partial charge < -0.3 is 19.6 Å². The van der Waals surface area contributed by atoms with Crippen LogP contribution in [0.1, 0.15) is 33.6 Å². The Bertz CT molecular complexity index is 401. The van der Waals surface area contributed by atoms with Crippen LogP contribution in [0.5, 0.6) is 0 Å². The minimum atomic E-state index is -0.886. The van der Waals surface area contributed by atoms with Crippen LogP contribution in [-0.2, 0) is 9.53 Å². The van der Waals surface area contributed by atoms with Crippen molar-refractivity contribution in [3.8, 4) is 0 Å². The molecule has 2 fully saturated rings. The molecule has 0 aromatic rings. The van der Waals surface area contributed by atoms with Gasteiger partial charge in [0, 0.05) is 25.7 Å². The minimum absolute atomic E-state index is 0.0274. The number of piperidine rings is 1. The third-order valence-corrected chi connectivity index (χ3v) is 4.65. The van der Waals surface area contributed by atoms with Crippen LogP contribution in [0.25, 0.3) is 0 Å². The number of ether oxygens (including phenoxy) is 1. The highest BCUT2D eigenvalue weighted by Gasteiger charge is 2.36. The van der Waals surface area contributed by atoms with Crippen molar-refractivity contribution in [1.82, 2.24) is 9.80 Å². The van der Waals surface area contributed by atoms with Crippen molar-refractivity contribution < 1.29 is 19.4 Å². The average molecular weight is 298 g/mol. The first-order chi connectivity index (χ1) is 9.88. The number of hydrogen-bond acceptors (Lipinski definition) is 3. The summed E-state index contributed by atoms with van der Waals surface area (Å²) in [6.07, 6.45) is 0.706. The molecule has 2 heterocycles. The van der Waals surface area contributed by atoms with Gasteiger partial charge in [0.1, 0.15) is 0 Å². The number of morpholine rings is 1. The average Bonchev–Trinajstić information content (AvgIpc) is 2.41. The molecule has 0 aromatic heterocycles. The van der Waals surface area contributed by atoms with Gasteiger partial charge in [0.2, 0.25) is 0 Å². The largest absolute Gasteiger partial charge is 0.481 e. The first kappa shape index (κ1) is 16.1. The molecule has 6 nitrogen and oxygen atoms in total. The van der Waals surface area contributed by atoms with Gasteiger partial charge in [-0.05, 0) is 25.2 Å². The molecule has 4 atom stereocenters. The molecule has 0 saturated carbocycles. The fourth-order valence-electron chi connectivity index (χ4n) is 3.36. The van der Waals surface area contributed by atoms with Crippen LogP contribution in [-0.4, -0.2) is 65.3 Å². The van der Waals surface area contributed by atoms with Gasteiger partial charge in [0.05, 0.1) is 19.1 Å². The summed E-state index contributed by atoms with van der Waals surface area (Å²) in [5.41, 5.74) is 0. The highest BCUT2D eigenvalue weighted by molar-refractivity contribution is 5.75. The van der Waals surface area contributed by atoms with Crippen molar-refractivity contribution in [3.63, 3.8) is 0 Å². The Hall–Kier alpha value is -1.30. The molecular weight excluding hydrogens is 272 g/mol. The molecule has 2 aliphatic rings. The van der Waals surface area contributed by atoms with Crippen molar-refractivity contribution in [2.75, 3.05) is 26.2 Å². The molecule has 0 spiro atoms. The number of carbonyl (C=O) groups is 2. The van der Waals surface area contributed by atoms with E-state index in [0.717, 1.165) is 13.0 Å². The molecule has 4 unspecified atom stereocenters. The van der Waals surface area contributed by atoms with Crippen LogP contribution in [0.3, 0.4) is 0 Å². The number of rotatable bonds is 2. The molecule has 2 amide bonds. The van der Waals surface area contributed by atoms with Crippen LogP contribution < -0.4 is 0 Å². The second-order valence-electron chi connectivity index (χ2n) is 6.53. The van der Waals surface area contributed by atoms with Gasteiger partial charge in [-0.3, -0.25) is 4.79 Å². The molecule has 6 heteroatoms. The highest BCUT2D eigenvalue weighted by atomic mass is 16.5. The van der Waals surface area contributed by atoms with Gasteiger partial charge in [0.15, 0.2) is 0 Å². The number of urea groups is 1. The molecule has 0 radical (unpaired) electrons. The van der Waals surface area contributed by atoms with Gasteiger partial charge in [-0.1, -0.05) is 13.8 Å². The second kappa shape index (κ2) is 6.64. The molecule has 0 aromatic carbocycles. The van der Waals surface area contributed by atoms with Crippen molar-refractivity contribution >= 4 is 12.0 Å². The smallest absolute Gasteiger partial charge is 0.320 e. The summed E-state index contributed by atoms with van der Waals surface area (Å²) < 4.78 is 5.43. The van der Waals surface area contributed by atoms with E-state index in [4.69, 9.17) is 9.84 Å². The fraction of sp³-hybridized carbons (Fsp3) is 0.867. The first-order valence-electron chi connectivity index (χ1n) is 7.77. The molecule has 0 bridgehead atoms. The zero-order valence-electron chi connectivity index (χ0n) is 13.1. The Morgan fingerprint density at radius 2 is 1.95 bits per heavy atom. The summed E-state index contributed by atoms with van der Waals surface area (Å²) in [6, 6.07) is 0.258. The number of likely N-dealkylation sites (tertiary alicyclic amines) is 1. The predicted molar refractivity (Wildman–Crippen MR) is 78.1 cm³/mol. The van der Waals surface area contributed by atoms with Crippen molar-refractivity contribution in [3.05, 3.63) is 0 Å². The number of carboxylic acid groups (broad SMARTS) is 1. The monoisotopic (exact) mass is 298 g/mol. The lowest BCUT2D eigenvalue weighted by Crippen LogP contribution is -2.57. The lowest BCUT2D eigenvalue weighted by atomic mass is 9.86. The molecule has 21 heavy (non-hydrogen) atoms. The van der Waals surface area contributed by atoms with Crippen molar-refractivity contribution in [2.24, 2.45) is 11.8 Å². The Morgan fingerprint density at radius 3 is 2.62 bits per heavy atom. The van der Waals surface area contributed by atoms with E-state index >= 15 is 0 Å². The summed E-state index contributed by atoms with van der Waals surface area (Å²) >= 11 is 0. The van der Waals surface area contributed by atoms with Crippen LogP contribution in [0.4, 0.5) is 4.79 Å². The van der Waals surface area contributed by atoms with E-state index in [0.29, 0.717) is 31.5 Å². The van der Waals surface area contributed by atoms with Gasteiger partial charge in [0.25, 0.3) is 0 Å². The van der Waals surface area contributed by atoms with E-state index in [9.17, 15) is 9.59 Å². The van der Waals surface area contributed by atoms with Gasteiger partial charge in [-0.15, -0.1) is 0 Å². The van der Waals surface area contributed by atoms with Crippen LogP contribution >= 0.6 is 0 Å². The number of aliphatic carboxylic acids is 1. The Balaban J connectivity index is 1.99. The predicted octanol–water partition coefficient (Wildman–Crippen LogP) is 1.65. The number of amides is 2. The van der Waals surface area contributed by atoms with Gasteiger partial charge in [-0.2, -0.15) is 0 Å². The third-order valence-electron chi connectivity index (χ3n) is 4.65. The van der Waals surface area contributed by atoms with E-state index in [2.05, 4.69) is 20.8 Å². The summed E-state index contributed by atoms with van der Waals surface area (Å²) in [7, 11) is 0. The Kier molecular flexibility index (Phi) is 5.08. The van der Waals surface area contributed by atoms with E-state index in [1.807, 2.05) is 4.90 Å². The number of nitrogens with zero attached hydrogens (tertiary/aromatic N) is 2. The molecule has 2 rings (SSSR count). The van der Waals surface area contributed by atoms with Gasteiger partial charge >= 0.3 is 12.0 Å². The number of carboxylic acids is 1. The van der Waals surface area contributed by atoms with Gasteiger partial charge in [-0.25, -0.2) is 4.79 Å². The summed E-state index contributed by atoms with van der Waals surface area (Å²) in [5.74, 6) is 0.118. The highest BCUT2D eigenvalue weighted by Crippen LogP contribution is 2.28. The summed E-state index contributed by atoms with van der Waals surface area (Å²) in [5, 5.41) is 8.86. The molecule has 2 aliphatic heterocycles. The molecule has 1 N–H and O–H groups in total. The molecule has 120 valence electrons. The quantitative estimate of drug-likeness (QED) is 0.841. The van der Waals surface area contributed by atoms with Crippen LogP contribution in [0.2, 0.25) is 0 Å². The topological polar surface area (TPSA) is 70.1 Å². The lowest BCUT2D eigenvalue weighted by molar-refractivity contribution is -0.141. The van der Waals surface area contributed by atoms with Crippen LogP contribution in [0.15, 0.2) is 0 Å². The molecular formula is C15H26N2O4. The van der Waals surface area contributed by atoms with E-state index in [-0.39, 0.29) is 18.5 Å². The number of hydrogen-bond donors (Lipinski definition) is 1. The third kappa shape index (κ3) is 3.87. The fourth-order valence-corrected chi connectivity index (χ4v) is 3.36. The summed E-state index contributed by atoms with van der Waals surface area (Å²) in [4.78, 5) is 27.2. The second-order valence-corrected chi connectivity index (χ2v) is 6.53. The SMILES string of the molecule is CC1CC(C)C(C)N(C(=O)N2CCOC(CC(=O)O)C2)C1. The lowest BCUT2D eigenvalue weighted by Gasteiger charge is -2.44. The van der Waals surface area contributed by atoms with E-state index < -0.39 is 12.1 Å². The number of carbonyl (C=O) groups excluding carboxylic acids is 1. The zero-order valence-corrected chi connectivity index (χ0v) is 13.1. The standard InChI is InChI=1S/C15H26N2O4/c1-10-6-11(2)12(3)17(8-10)15(20)16-4-5-21-13(9-16)7-14(18)19/h10-13H,4-9H2,1-3H3,(H,18,19). The van der Waals surface area contributed by atoms with E-state index in [1.54, 1.807) is 4.90 Å². The summed E-state index contributed by atoms with van der Waals surface area (Å²) in [6.45, 7) is 8.58. The Labute approximate surface area is 126 Å². The first-order valence-corrected chi connectivity index (χ1v) is 7.77. The van der Waals surface area contributed by atoms with Crippen molar-refractivity contribution in [1.29, 1.82) is 0 Å².